The third-order valence-corrected chi connectivity index (χ3v) is 9.64. The molecule has 4 aromatic carbocycles. The van der Waals surface area contributed by atoms with Gasteiger partial charge in [0, 0.05) is 17.8 Å². The second-order valence-electron chi connectivity index (χ2n) is 10.9. The van der Waals surface area contributed by atoms with Crippen molar-refractivity contribution in [3.63, 3.8) is 0 Å². The van der Waals surface area contributed by atoms with Crippen LogP contribution in [0.3, 0.4) is 0 Å². The molecule has 1 heterocycles. The van der Waals surface area contributed by atoms with Crippen LogP contribution in [-0.2, 0) is 33.0 Å². The average molecular weight is 675 g/mol. The first-order valence-electron chi connectivity index (χ1n) is 14.9. The summed E-state index contributed by atoms with van der Waals surface area (Å²) in [6, 6.07) is 29.9. The van der Waals surface area contributed by atoms with Crippen molar-refractivity contribution in [1.29, 1.82) is 0 Å². The molecular formula is C35H38N4O6S2. The SMILES string of the molecule is CCc1ccc(S(=O)(=O)NC(=O)NCCc2ccc(-n3nc(C)c(-c4ccccc4)c3C)cc2)cc1.Cc1ccc(S(=O)(=O)O)cc1. The van der Waals surface area contributed by atoms with Gasteiger partial charge in [0.25, 0.3) is 20.1 Å². The van der Waals surface area contributed by atoms with Crippen LogP contribution in [0.15, 0.2) is 113 Å². The van der Waals surface area contributed by atoms with Gasteiger partial charge in [0.1, 0.15) is 0 Å². The Labute approximate surface area is 276 Å². The van der Waals surface area contributed by atoms with E-state index in [0.717, 1.165) is 51.3 Å². The number of hydrogen-bond acceptors (Lipinski definition) is 6. The van der Waals surface area contributed by atoms with E-state index >= 15 is 0 Å². The van der Waals surface area contributed by atoms with E-state index in [9.17, 15) is 21.6 Å². The maximum absolute atomic E-state index is 12.4. The molecule has 10 nitrogen and oxygen atoms in total. The Morgan fingerprint density at radius 2 is 1.34 bits per heavy atom. The quantitative estimate of drug-likeness (QED) is 0.158. The molecule has 47 heavy (non-hydrogen) atoms. The zero-order valence-corrected chi connectivity index (χ0v) is 28.3. The second kappa shape index (κ2) is 15.2. The molecule has 2 amide bonds. The lowest BCUT2D eigenvalue weighted by atomic mass is 10.0. The van der Waals surface area contributed by atoms with E-state index in [1.54, 1.807) is 24.3 Å². The molecule has 3 N–H and O–H groups in total. The molecule has 0 unspecified atom stereocenters. The van der Waals surface area contributed by atoms with E-state index in [2.05, 4.69) is 29.1 Å². The molecule has 0 aliphatic rings. The van der Waals surface area contributed by atoms with Gasteiger partial charge in [-0.1, -0.05) is 79.2 Å². The third-order valence-electron chi connectivity index (χ3n) is 7.42. The average Bonchev–Trinajstić information content (AvgIpc) is 3.34. The number of aromatic nitrogens is 2. The van der Waals surface area contributed by atoms with Gasteiger partial charge >= 0.3 is 6.03 Å². The van der Waals surface area contributed by atoms with E-state index in [-0.39, 0.29) is 9.79 Å². The van der Waals surface area contributed by atoms with Gasteiger partial charge < -0.3 is 5.32 Å². The molecule has 12 heteroatoms. The number of nitrogens with one attached hydrogen (secondary N) is 2. The Bertz CT molecular complexity index is 2020. The number of hydrogen-bond donors (Lipinski definition) is 3. The summed E-state index contributed by atoms with van der Waals surface area (Å²) in [7, 11) is -7.93. The minimum atomic E-state index is -4.02. The molecule has 0 saturated heterocycles. The minimum Gasteiger partial charge on any atom is -0.337 e. The molecule has 0 aliphatic carbocycles. The van der Waals surface area contributed by atoms with Crippen LogP contribution in [0.2, 0.25) is 0 Å². The maximum atomic E-state index is 12.4. The molecule has 0 radical (unpaired) electrons. The number of amides is 2. The molecule has 0 aliphatic heterocycles. The van der Waals surface area contributed by atoms with Crippen LogP contribution in [0.25, 0.3) is 16.8 Å². The van der Waals surface area contributed by atoms with Crippen molar-refractivity contribution in [2.24, 2.45) is 0 Å². The normalized spacial score (nSPS) is 11.3. The lowest BCUT2D eigenvalue weighted by molar-refractivity contribution is 0.246. The minimum absolute atomic E-state index is 0.0602. The van der Waals surface area contributed by atoms with Gasteiger partial charge in [-0.15, -0.1) is 0 Å². The number of nitrogens with zero attached hydrogens (tertiary/aromatic N) is 2. The third kappa shape index (κ3) is 9.38. The van der Waals surface area contributed by atoms with E-state index in [1.807, 2.05) is 67.9 Å². The number of benzene rings is 4. The molecule has 0 atom stereocenters. The first kappa shape index (κ1) is 35.1. The number of carbonyl (C=O) groups excluding carboxylic acids is 1. The molecular weight excluding hydrogens is 637 g/mol. The standard InChI is InChI=1S/C28H30N4O3S.C7H8O3S/c1-4-22-12-16-26(17-13-22)36(34,35)31-28(33)29-19-18-23-10-14-25(15-11-23)32-21(3)27(20(2)30-32)24-8-6-5-7-9-24;1-6-2-4-7(5-3-6)11(8,9)10/h5-17H,4,18-19H2,1-3H3,(H2,29,31,33);2-5H,1H3,(H,8,9,10). The van der Waals surface area contributed by atoms with Gasteiger partial charge in [-0.2, -0.15) is 13.5 Å². The largest absolute Gasteiger partial charge is 0.337 e. The molecule has 246 valence electrons. The number of sulfonamides is 1. The molecule has 5 aromatic rings. The van der Waals surface area contributed by atoms with Gasteiger partial charge in [0.05, 0.1) is 21.2 Å². The lowest BCUT2D eigenvalue weighted by Crippen LogP contribution is -2.40. The van der Waals surface area contributed by atoms with E-state index < -0.39 is 26.2 Å². The smallest absolute Gasteiger partial charge is 0.328 e. The van der Waals surface area contributed by atoms with Gasteiger partial charge in [0.2, 0.25) is 0 Å². The molecule has 5 rings (SSSR count). The van der Waals surface area contributed by atoms with Crippen molar-refractivity contribution in [1.82, 2.24) is 19.8 Å². The second-order valence-corrected chi connectivity index (χ2v) is 14.0. The monoisotopic (exact) mass is 674 g/mol. The summed E-state index contributed by atoms with van der Waals surface area (Å²) in [6.45, 7) is 8.20. The highest BCUT2D eigenvalue weighted by Crippen LogP contribution is 2.28. The fourth-order valence-corrected chi connectivity index (χ4v) is 6.28. The topological polar surface area (TPSA) is 147 Å². The summed E-state index contributed by atoms with van der Waals surface area (Å²) >= 11 is 0. The highest BCUT2D eigenvalue weighted by molar-refractivity contribution is 7.90. The summed E-state index contributed by atoms with van der Waals surface area (Å²) in [6.07, 6.45) is 1.37. The highest BCUT2D eigenvalue weighted by Gasteiger charge is 2.17. The van der Waals surface area contributed by atoms with Gasteiger partial charge in [0.15, 0.2) is 0 Å². The molecule has 1 aromatic heterocycles. The first-order valence-corrected chi connectivity index (χ1v) is 17.9. The predicted octanol–water partition coefficient (Wildman–Crippen LogP) is 6.19. The Kier molecular flexibility index (Phi) is 11.3. The van der Waals surface area contributed by atoms with Gasteiger partial charge in [-0.3, -0.25) is 4.55 Å². The number of rotatable bonds is 9. The van der Waals surface area contributed by atoms with E-state index in [0.29, 0.717) is 13.0 Å². The van der Waals surface area contributed by atoms with E-state index in [4.69, 9.17) is 9.65 Å². The zero-order valence-electron chi connectivity index (χ0n) is 26.6. The summed E-state index contributed by atoms with van der Waals surface area (Å²) in [5.74, 6) is 0. The Morgan fingerprint density at radius 1 is 0.766 bits per heavy atom. The van der Waals surface area contributed by atoms with E-state index in [1.165, 1.54) is 24.3 Å². The van der Waals surface area contributed by atoms with Gasteiger partial charge in [-0.05, 0) is 86.7 Å². The van der Waals surface area contributed by atoms with Crippen LogP contribution in [-0.4, -0.2) is 43.7 Å². The summed E-state index contributed by atoms with van der Waals surface area (Å²) in [5.41, 5.74) is 8.25. The van der Waals surface area contributed by atoms with Crippen molar-refractivity contribution < 1.29 is 26.2 Å². The fraction of sp³-hybridized carbons (Fsp3) is 0.200. The molecule has 0 spiro atoms. The van der Waals surface area contributed by atoms with Crippen molar-refractivity contribution in [3.05, 3.63) is 131 Å². The van der Waals surface area contributed by atoms with Crippen LogP contribution in [0.1, 0.15) is 35.0 Å². The van der Waals surface area contributed by atoms with Crippen LogP contribution >= 0.6 is 0 Å². The van der Waals surface area contributed by atoms with Crippen LogP contribution in [0, 0.1) is 20.8 Å². The highest BCUT2D eigenvalue weighted by atomic mass is 32.2. The van der Waals surface area contributed by atoms with Crippen molar-refractivity contribution in [2.45, 2.75) is 50.3 Å². The molecule has 0 bridgehead atoms. The number of aryl methyl sites for hydroxylation is 3. The van der Waals surface area contributed by atoms with Crippen LogP contribution in [0.4, 0.5) is 4.79 Å². The summed E-state index contributed by atoms with van der Waals surface area (Å²) in [5, 5.41) is 7.35. The molecule has 0 fully saturated rings. The van der Waals surface area contributed by atoms with Crippen LogP contribution < -0.4 is 10.0 Å². The number of urea groups is 1. The Hall–Kier alpha value is -4.78. The fourth-order valence-electron chi connectivity index (χ4n) is 4.87. The van der Waals surface area contributed by atoms with Crippen molar-refractivity contribution >= 4 is 26.2 Å². The summed E-state index contributed by atoms with van der Waals surface area (Å²) in [4.78, 5) is 12.2. The summed E-state index contributed by atoms with van der Waals surface area (Å²) < 4.78 is 58.4. The van der Waals surface area contributed by atoms with Crippen molar-refractivity contribution in [3.8, 4) is 16.8 Å². The Balaban J connectivity index is 0.000000385. The predicted molar refractivity (Wildman–Crippen MR) is 183 cm³/mol. The van der Waals surface area contributed by atoms with Gasteiger partial charge in [-0.25, -0.2) is 22.6 Å². The zero-order chi connectivity index (χ0) is 34.2. The Morgan fingerprint density at radius 3 is 1.91 bits per heavy atom. The van der Waals surface area contributed by atoms with Crippen molar-refractivity contribution in [2.75, 3.05) is 6.54 Å². The maximum Gasteiger partial charge on any atom is 0.328 e. The number of carbonyl (C=O) groups is 1. The lowest BCUT2D eigenvalue weighted by Gasteiger charge is -2.10. The molecule has 0 saturated carbocycles. The first-order chi connectivity index (χ1) is 22.3. The van der Waals surface area contributed by atoms with Crippen LogP contribution in [0.5, 0.6) is 0 Å².